The van der Waals surface area contributed by atoms with Gasteiger partial charge in [-0.15, -0.1) is 0 Å². The smallest absolute Gasteiger partial charge is 0.251 e. The molecule has 0 aromatic heterocycles. The van der Waals surface area contributed by atoms with Gasteiger partial charge in [0.05, 0.1) is 6.26 Å². The van der Waals surface area contributed by atoms with Crippen LogP contribution in [0.2, 0.25) is 0 Å². The molecule has 1 heterocycles. The van der Waals surface area contributed by atoms with Gasteiger partial charge in [-0.05, 0) is 36.6 Å². The lowest BCUT2D eigenvalue weighted by Crippen LogP contribution is -2.49. The molecule has 1 atom stereocenters. The zero-order chi connectivity index (χ0) is 18.4. The number of amides is 2. The van der Waals surface area contributed by atoms with Crippen molar-refractivity contribution in [3.8, 4) is 0 Å². The predicted octanol–water partition coefficient (Wildman–Crippen LogP) is 0.643. The second-order valence-electron chi connectivity index (χ2n) is 6.05. The molecule has 1 aliphatic heterocycles. The summed E-state index contributed by atoms with van der Waals surface area (Å²) in [5.74, 6) is -0.489. The van der Waals surface area contributed by atoms with Crippen molar-refractivity contribution in [2.45, 2.75) is 25.4 Å². The van der Waals surface area contributed by atoms with E-state index in [4.69, 9.17) is 0 Å². The van der Waals surface area contributed by atoms with E-state index >= 15 is 0 Å². The van der Waals surface area contributed by atoms with Gasteiger partial charge in [-0.3, -0.25) is 9.59 Å². The van der Waals surface area contributed by atoms with E-state index in [0.717, 1.165) is 18.4 Å². The van der Waals surface area contributed by atoms with Crippen molar-refractivity contribution in [2.75, 3.05) is 19.3 Å². The van der Waals surface area contributed by atoms with E-state index in [1.807, 2.05) is 0 Å². The zero-order valence-corrected chi connectivity index (χ0v) is 15.0. The molecule has 0 spiro atoms. The summed E-state index contributed by atoms with van der Waals surface area (Å²) in [4.78, 5) is 23.5. The van der Waals surface area contributed by atoms with Crippen molar-refractivity contribution >= 4 is 21.8 Å². The topological polar surface area (TPSA) is 95.6 Å². The summed E-state index contributed by atoms with van der Waals surface area (Å²) in [5, 5.41) is 5.55. The van der Waals surface area contributed by atoms with E-state index in [9.17, 15) is 18.0 Å². The Bertz CT molecular complexity index is 744. The maximum Gasteiger partial charge on any atom is 0.251 e. The quantitative estimate of drug-likeness (QED) is 0.723. The third-order valence-electron chi connectivity index (χ3n) is 4.06. The van der Waals surface area contributed by atoms with Gasteiger partial charge in [-0.1, -0.05) is 18.7 Å². The van der Waals surface area contributed by atoms with Gasteiger partial charge in [0.1, 0.15) is 0 Å². The largest absolute Gasteiger partial charge is 0.348 e. The Balaban J connectivity index is 1.92. The Morgan fingerprint density at radius 3 is 2.60 bits per heavy atom. The zero-order valence-electron chi connectivity index (χ0n) is 14.2. The number of sulfonamides is 1. The minimum absolute atomic E-state index is 0.192. The molecular formula is C17H23N3O4S. The van der Waals surface area contributed by atoms with Crippen LogP contribution in [0.5, 0.6) is 0 Å². The highest BCUT2D eigenvalue weighted by Crippen LogP contribution is 2.14. The van der Waals surface area contributed by atoms with Crippen LogP contribution < -0.4 is 10.6 Å². The first-order valence-corrected chi connectivity index (χ1v) is 9.89. The fourth-order valence-corrected chi connectivity index (χ4v) is 3.58. The van der Waals surface area contributed by atoms with Crippen molar-refractivity contribution < 1.29 is 18.0 Å². The van der Waals surface area contributed by atoms with Crippen molar-refractivity contribution in [2.24, 2.45) is 0 Å². The van der Waals surface area contributed by atoms with E-state index in [1.165, 1.54) is 16.6 Å². The number of nitrogens with zero attached hydrogens (tertiary/aromatic N) is 1. The van der Waals surface area contributed by atoms with Crippen LogP contribution in [0, 0.1) is 0 Å². The molecule has 1 aromatic carbocycles. The number of carbonyl (C=O) groups excluding carboxylic acids is 2. The van der Waals surface area contributed by atoms with Crippen LogP contribution in [-0.2, 0) is 21.4 Å². The lowest BCUT2D eigenvalue weighted by Gasteiger charge is -2.31. The number of nitrogens with one attached hydrogen (secondary N) is 2. The summed E-state index contributed by atoms with van der Waals surface area (Å²) in [5.41, 5.74) is 1.36. The maximum absolute atomic E-state index is 12.3. The minimum atomic E-state index is -3.24. The summed E-state index contributed by atoms with van der Waals surface area (Å²) in [6, 6.07) is 6.70. The fourth-order valence-electron chi connectivity index (χ4n) is 2.67. The molecule has 1 unspecified atom stereocenters. The van der Waals surface area contributed by atoms with E-state index < -0.39 is 10.0 Å². The molecular weight excluding hydrogens is 342 g/mol. The van der Waals surface area contributed by atoms with E-state index in [1.54, 1.807) is 24.3 Å². The molecule has 25 heavy (non-hydrogen) atoms. The molecule has 2 amide bonds. The van der Waals surface area contributed by atoms with Crippen LogP contribution in [0.3, 0.4) is 0 Å². The Morgan fingerprint density at radius 1 is 1.32 bits per heavy atom. The summed E-state index contributed by atoms with van der Waals surface area (Å²) in [6.07, 6.45) is 3.86. The second-order valence-corrected chi connectivity index (χ2v) is 8.03. The standard InChI is InChI=1S/C17H23N3O4S/c1-3-16(21)18-11-13-6-8-14(9-7-13)17(22)19-15-5-4-10-20(12-15)25(2,23)24/h3,6-9,15H,1,4-5,10-12H2,2H3,(H,18,21)(H,19,22). The highest BCUT2D eigenvalue weighted by Gasteiger charge is 2.26. The van der Waals surface area contributed by atoms with Crippen molar-refractivity contribution in [3.63, 3.8) is 0 Å². The highest BCUT2D eigenvalue weighted by molar-refractivity contribution is 7.88. The van der Waals surface area contributed by atoms with Crippen molar-refractivity contribution in [1.82, 2.24) is 14.9 Å². The SMILES string of the molecule is C=CC(=O)NCc1ccc(C(=O)NC2CCCN(S(C)(=O)=O)C2)cc1. The van der Waals surface area contributed by atoms with Crippen LogP contribution in [0.4, 0.5) is 0 Å². The van der Waals surface area contributed by atoms with Crippen LogP contribution in [0.25, 0.3) is 0 Å². The molecule has 0 radical (unpaired) electrons. The van der Waals surface area contributed by atoms with Gasteiger partial charge < -0.3 is 10.6 Å². The first kappa shape index (κ1) is 19.1. The Morgan fingerprint density at radius 2 is 2.00 bits per heavy atom. The molecule has 2 rings (SSSR count). The van der Waals surface area contributed by atoms with Crippen LogP contribution in [0.1, 0.15) is 28.8 Å². The molecule has 1 aliphatic rings. The van der Waals surface area contributed by atoms with E-state index in [2.05, 4.69) is 17.2 Å². The fraction of sp³-hybridized carbons (Fsp3) is 0.412. The first-order chi connectivity index (χ1) is 11.8. The van der Waals surface area contributed by atoms with Crippen LogP contribution in [0.15, 0.2) is 36.9 Å². The predicted molar refractivity (Wildman–Crippen MR) is 95.4 cm³/mol. The molecule has 1 saturated heterocycles. The van der Waals surface area contributed by atoms with E-state index in [-0.39, 0.29) is 17.9 Å². The monoisotopic (exact) mass is 365 g/mol. The first-order valence-electron chi connectivity index (χ1n) is 8.05. The molecule has 1 aromatic rings. The van der Waals surface area contributed by atoms with Gasteiger partial charge in [-0.25, -0.2) is 12.7 Å². The van der Waals surface area contributed by atoms with Crippen molar-refractivity contribution in [1.29, 1.82) is 0 Å². The average Bonchev–Trinajstić information content (AvgIpc) is 2.59. The highest BCUT2D eigenvalue weighted by atomic mass is 32.2. The van der Waals surface area contributed by atoms with Gasteiger partial charge in [0.15, 0.2) is 0 Å². The number of hydrogen-bond donors (Lipinski definition) is 2. The minimum Gasteiger partial charge on any atom is -0.348 e. The molecule has 136 valence electrons. The number of rotatable bonds is 6. The summed E-state index contributed by atoms with van der Waals surface area (Å²) < 4.78 is 24.7. The van der Waals surface area contributed by atoms with Crippen LogP contribution in [-0.4, -0.2) is 49.9 Å². The molecule has 0 bridgehead atoms. The Kier molecular flexibility index (Phi) is 6.33. The van der Waals surface area contributed by atoms with Gasteiger partial charge in [0, 0.05) is 31.2 Å². The molecule has 1 fully saturated rings. The van der Waals surface area contributed by atoms with Gasteiger partial charge >= 0.3 is 0 Å². The second kappa shape index (κ2) is 8.26. The molecule has 0 saturated carbocycles. The Labute approximate surface area is 148 Å². The van der Waals surface area contributed by atoms with Gasteiger partial charge in [-0.2, -0.15) is 0 Å². The van der Waals surface area contributed by atoms with Crippen LogP contribution >= 0.6 is 0 Å². The number of benzene rings is 1. The molecule has 0 aliphatic carbocycles. The third-order valence-corrected chi connectivity index (χ3v) is 5.33. The van der Waals surface area contributed by atoms with Crippen molar-refractivity contribution in [3.05, 3.63) is 48.0 Å². The lowest BCUT2D eigenvalue weighted by atomic mass is 10.1. The Hall–Kier alpha value is -2.19. The van der Waals surface area contributed by atoms with Gasteiger partial charge in [0.2, 0.25) is 15.9 Å². The third kappa shape index (κ3) is 5.68. The summed E-state index contributed by atoms with van der Waals surface area (Å²) >= 11 is 0. The molecule has 2 N–H and O–H groups in total. The molecule has 7 nitrogen and oxygen atoms in total. The normalized spacial score (nSPS) is 18.4. The average molecular weight is 365 g/mol. The number of hydrogen-bond acceptors (Lipinski definition) is 4. The van der Waals surface area contributed by atoms with Gasteiger partial charge in [0.25, 0.3) is 5.91 Å². The number of carbonyl (C=O) groups is 2. The lowest BCUT2D eigenvalue weighted by molar-refractivity contribution is -0.116. The van der Waals surface area contributed by atoms with E-state index in [0.29, 0.717) is 25.2 Å². The summed E-state index contributed by atoms with van der Waals surface area (Å²) in [7, 11) is -3.24. The maximum atomic E-state index is 12.3. The summed E-state index contributed by atoms with van der Waals surface area (Å²) in [6.45, 7) is 4.54. The molecule has 8 heteroatoms. The number of piperidine rings is 1.